The Bertz CT molecular complexity index is 615. The molecule has 0 aliphatic heterocycles. The first-order valence-electron chi connectivity index (χ1n) is 5.74. The van der Waals surface area contributed by atoms with Gasteiger partial charge >= 0.3 is 0 Å². The van der Waals surface area contributed by atoms with Crippen LogP contribution in [0.2, 0.25) is 0 Å². The highest BCUT2D eigenvalue weighted by Crippen LogP contribution is 2.22. The van der Waals surface area contributed by atoms with Crippen molar-refractivity contribution in [1.29, 1.82) is 0 Å². The molecule has 0 saturated carbocycles. The largest absolute Gasteiger partial charge is 0.389 e. The van der Waals surface area contributed by atoms with E-state index in [1.54, 1.807) is 0 Å². The first-order chi connectivity index (χ1) is 9.10. The topological polar surface area (TPSA) is 72.2 Å². The zero-order valence-electron chi connectivity index (χ0n) is 11.4. The number of thiocarbonyl (C=S) groups is 1. The lowest BCUT2D eigenvalue weighted by atomic mass is 10.2. The average molecular weight is 336 g/mol. The number of benzene rings is 1. The summed E-state index contributed by atoms with van der Waals surface area (Å²) in [4.78, 5) is -0.519. The number of halogens is 1. The zero-order chi connectivity index (χ0) is 15.6. The summed E-state index contributed by atoms with van der Waals surface area (Å²) in [6.45, 7) is 4.02. The summed E-state index contributed by atoms with van der Waals surface area (Å²) in [7, 11) is -3.87. The summed E-state index contributed by atoms with van der Waals surface area (Å²) in [5.41, 5.74) is 5.16. The number of hydrogen-bond acceptors (Lipinski definition) is 4. The van der Waals surface area contributed by atoms with Gasteiger partial charge in [0.05, 0.1) is 10.5 Å². The van der Waals surface area contributed by atoms with E-state index in [0.29, 0.717) is 0 Å². The Morgan fingerprint density at radius 3 is 2.60 bits per heavy atom. The lowest BCUT2D eigenvalue weighted by molar-refractivity contribution is 0.567. The summed E-state index contributed by atoms with van der Waals surface area (Å²) in [6, 6.07) is 3.72. The Hall–Kier alpha value is -0.700. The molecule has 4 nitrogen and oxygen atoms in total. The van der Waals surface area contributed by atoms with Crippen molar-refractivity contribution in [2.24, 2.45) is 5.73 Å². The summed E-state index contributed by atoms with van der Waals surface area (Å²) >= 11 is 6.25. The predicted octanol–water partition coefficient (Wildman–Crippen LogP) is 1.88. The molecule has 0 heterocycles. The van der Waals surface area contributed by atoms with Crippen molar-refractivity contribution in [2.75, 3.05) is 12.8 Å². The van der Waals surface area contributed by atoms with Gasteiger partial charge in [0.2, 0.25) is 10.0 Å². The van der Waals surface area contributed by atoms with E-state index in [9.17, 15) is 12.8 Å². The van der Waals surface area contributed by atoms with Crippen LogP contribution in [0, 0.1) is 5.82 Å². The minimum Gasteiger partial charge on any atom is -0.389 e. The second-order valence-corrected chi connectivity index (χ2v) is 8.45. The van der Waals surface area contributed by atoms with E-state index in [1.807, 2.05) is 20.1 Å². The number of thioether (sulfide) groups is 1. The van der Waals surface area contributed by atoms with Crippen molar-refractivity contribution in [3.63, 3.8) is 0 Å². The van der Waals surface area contributed by atoms with E-state index in [0.717, 1.165) is 6.07 Å². The van der Waals surface area contributed by atoms with Gasteiger partial charge in [-0.25, -0.2) is 17.5 Å². The molecular weight excluding hydrogens is 319 g/mol. The van der Waals surface area contributed by atoms with Crippen LogP contribution in [0.1, 0.15) is 19.4 Å². The van der Waals surface area contributed by atoms with Gasteiger partial charge in [-0.05, 0) is 32.2 Å². The third-order valence-electron chi connectivity index (χ3n) is 2.75. The molecule has 0 radical (unpaired) electrons. The summed E-state index contributed by atoms with van der Waals surface area (Å²) in [5.74, 6) is -0.746. The molecular formula is C12H17FN2O2S3. The number of nitrogens with two attached hydrogens (primary N) is 1. The van der Waals surface area contributed by atoms with Crippen LogP contribution >= 0.6 is 24.0 Å². The van der Waals surface area contributed by atoms with Gasteiger partial charge in [-0.15, -0.1) is 0 Å². The van der Waals surface area contributed by atoms with Gasteiger partial charge in [-0.2, -0.15) is 11.8 Å². The van der Waals surface area contributed by atoms with Gasteiger partial charge < -0.3 is 5.73 Å². The second-order valence-electron chi connectivity index (χ2n) is 4.77. The first-order valence-corrected chi connectivity index (χ1v) is 8.85. The maximum atomic E-state index is 13.7. The molecule has 0 aliphatic carbocycles. The molecule has 1 aromatic rings. The standard InChI is InChI=1S/C12H17FN2O2S3/c1-12(2,19-3)7-15-20(16,17)9-6-4-5-8(13)10(9)11(14)18/h4-6,15H,7H2,1-3H3,(H2,14,18). The molecule has 0 aromatic heterocycles. The van der Waals surface area contributed by atoms with Crippen LogP contribution in [0.5, 0.6) is 0 Å². The molecule has 0 fully saturated rings. The quantitative estimate of drug-likeness (QED) is 0.776. The monoisotopic (exact) mass is 336 g/mol. The molecule has 0 bridgehead atoms. The molecule has 0 saturated heterocycles. The number of nitrogens with one attached hydrogen (secondary N) is 1. The summed E-state index contributed by atoms with van der Waals surface area (Å²) < 4.78 is 40.4. The first kappa shape index (κ1) is 17.4. The van der Waals surface area contributed by atoms with E-state index >= 15 is 0 Å². The minimum absolute atomic E-state index is 0.212. The smallest absolute Gasteiger partial charge is 0.241 e. The Morgan fingerprint density at radius 2 is 2.10 bits per heavy atom. The van der Waals surface area contributed by atoms with Crippen molar-refractivity contribution < 1.29 is 12.8 Å². The van der Waals surface area contributed by atoms with Gasteiger partial charge in [0.15, 0.2) is 0 Å². The average Bonchev–Trinajstić information content (AvgIpc) is 2.36. The molecule has 0 unspecified atom stereocenters. The SMILES string of the molecule is CSC(C)(C)CNS(=O)(=O)c1cccc(F)c1C(N)=S. The maximum Gasteiger partial charge on any atom is 0.241 e. The van der Waals surface area contributed by atoms with E-state index < -0.39 is 15.8 Å². The summed E-state index contributed by atoms with van der Waals surface area (Å²) in [6.07, 6.45) is 1.89. The fourth-order valence-corrected chi connectivity index (χ4v) is 3.41. The molecule has 0 aliphatic rings. The Labute approximate surface area is 128 Å². The molecule has 0 atom stereocenters. The van der Waals surface area contributed by atoms with Gasteiger partial charge in [-0.3, -0.25) is 0 Å². The van der Waals surface area contributed by atoms with E-state index in [-0.39, 0.29) is 26.7 Å². The maximum absolute atomic E-state index is 13.7. The molecule has 1 rings (SSSR count). The fraction of sp³-hybridized carbons (Fsp3) is 0.417. The van der Waals surface area contributed by atoms with E-state index in [1.165, 1.54) is 23.9 Å². The molecule has 0 amide bonds. The van der Waals surface area contributed by atoms with Crippen LogP contribution in [0.4, 0.5) is 4.39 Å². The van der Waals surface area contributed by atoms with E-state index in [4.69, 9.17) is 18.0 Å². The van der Waals surface area contributed by atoms with E-state index in [2.05, 4.69) is 4.72 Å². The third kappa shape index (κ3) is 4.15. The van der Waals surface area contributed by atoms with Crippen molar-refractivity contribution in [3.05, 3.63) is 29.6 Å². The van der Waals surface area contributed by atoms with Gasteiger partial charge in [0, 0.05) is 11.3 Å². The highest BCUT2D eigenvalue weighted by Gasteiger charge is 2.25. The molecule has 20 heavy (non-hydrogen) atoms. The van der Waals surface area contributed by atoms with Crippen molar-refractivity contribution in [1.82, 2.24) is 4.72 Å². The van der Waals surface area contributed by atoms with Gasteiger partial charge in [0.25, 0.3) is 0 Å². The van der Waals surface area contributed by atoms with Crippen molar-refractivity contribution in [3.8, 4) is 0 Å². The predicted molar refractivity (Wildman–Crippen MR) is 85.1 cm³/mol. The number of rotatable bonds is 6. The Morgan fingerprint density at radius 1 is 1.50 bits per heavy atom. The lowest BCUT2D eigenvalue weighted by Gasteiger charge is -2.22. The molecule has 8 heteroatoms. The minimum atomic E-state index is -3.87. The van der Waals surface area contributed by atoms with Crippen LogP contribution in [0.3, 0.4) is 0 Å². The van der Waals surface area contributed by atoms with Gasteiger partial charge in [0.1, 0.15) is 10.8 Å². The molecule has 112 valence electrons. The van der Waals surface area contributed by atoms with Crippen LogP contribution < -0.4 is 10.5 Å². The molecule has 3 N–H and O–H groups in total. The third-order valence-corrected chi connectivity index (χ3v) is 5.65. The lowest BCUT2D eigenvalue weighted by Crippen LogP contribution is -2.37. The van der Waals surface area contributed by atoms with Crippen LogP contribution in [0.15, 0.2) is 23.1 Å². The highest BCUT2D eigenvalue weighted by molar-refractivity contribution is 8.00. The normalized spacial score (nSPS) is 12.4. The summed E-state index contributed by atoms with van der Waals surface area (Å²) in [5, 5.41) is 0. The molecule has 0 spiro atoms. The fourth-order valence-electron chi connectivity index (χ4n) is 1.39. The zero-order valence-corrected chi connectivity index (χ0v) is 13.9. The molecule has 1 aromatic carbocycles. The second kappa shape index (κ2) is 6.38. The Balaban J connectivity index is 3.17. The highest BCUT2D eigenvalue weighted by atomic mass is 32.2. The van der Waals surface area contributed by atoms with Crippen LogP contribution in [-0.4, -0.2) is 31.0 Å². The number of hydrogen-bond donors (Lipinski definition) is 2. The Kier molecular flexibility index (Phi) is 5.54. The van der Waals surface area contributed by atoms with Gasteiger partial charge in [-0.1, -0.05) is 18.3 Å². The number of sulfonamides is 1. The van der Waals surface area contributed by atoms with Crippen LogP contribution in [0.25, 0.3) is 0 Å². The van der Waals surface area contributed by atoms with Crippen molar-refractivity contribution >= 4 is 39.0 Å². The van der Waals surface area contributed by atoms with Crippen LogP contribution in [-0.2, 0) is 10.0 Å². The van der Waals surface area contributed by atoms with Crippen molar-refractivity contribution in [2.45, 2.75) is 23.5 Å².